The summed E-state index contributed by atoms with van der Waals surface area (Å²) >= 11 is 0. The molecule has 0 aromatic carbocycles. The van der Waals surface area contributed by atoms with Crippen LogP contribution in [0.3, 0.4) is 0 Å². The zero-order valence-corrected chi connectivity index (χ0v) is 11.4. The predicted molar refractivity (Wildman–Crippen MR) is 65.4 cm³/mol. The molecule has 0 amide bonds. The first-order chi connectivity index (χ1) is 7.95. The summed E-state index contributed by atoms with van der Waals surface area (Å²) in [4.78, 5) is 0. The van der Waals surface area contributed by atoms with E-state index < -0.39 is 0 Å². The molecule has 1 aliphatic heterocycles. The smallest absolute Gasteiger partial charge is 0.161 e. The van der Waals surface area contributed by atoms with Crippen molar-refractivity contribution in [2.75, 3.05) is 0 Å². The Hall–Kier alpha value is -0.0800. The highest BCUT2D eigenvalue weighted by molar-refractivity contribution is 5.17. The van der Waals surface area contributed by atoms with E-state index in [4.69, 9.17) is 9.47 Å². The summed E-state index contributed by atoms with van der Waals surface area (Å²) in [6.45, 7) is 9.58. The molecule has 96 valence electrons. The maximum Gasteiger partial charge on any atom is 0.161 e. The molecule has 0 aromatic rings. The first-order valence-corrected chi connectivity index (χ1v) is 7.26. The molecule has 1 saturated heterocycles. The van der Waals surface area contributed by atoms with Crippen LogP contribution in [-0.2, 0) is 9.47 Å². The van der Waals surface area contributed by atoms with Crippen LogP contribution in [-0.4, -0.2) is 18.5 Å². The molecule has 2 nitrogen and oxygen atoms in total. The van der Waals surface area contributed by atoms with Gasteiger partial charge in [0.25, 0.3) is 0 Å². The van der Waals surface area contributed by atoms with Crippen molar-refractivity contribution in [2.24, 2.45) is 28.6 Å². The van der Waals surface area contributed by atoms with Crippen LogP contribution in [0.15, 0.2) is 0 Å². The van der Waals surface area contributed by atoms with Gasteiger partial charge in [-0.15, -0.1) is 0 Å². The Labute approximate surface area is 104 Å². The third-order valence-electron chi connectivity index (χ3n) is 6.79. The molecule has 2 bridgehead atoms. The number of ether oxygens (including phenoxy) is 2. The number of fused-ring (bicyclic) bond motifs is 5. The van der Waals surface area contributed by atoms with Crippen molar-refractivity contribution in [3.8, 4) is 0 Å². The van der Waals surface area contributed by atoms with Crippen LogP contribution >= 0.6 is 0 Å². The van der Waals surface area contributed by atoms with Crippen molar-refractivity contribution >= 4 is 0 Å². The fourth-order valence-corrected chi connectivity index (χ4v) is 4.88. The second kappa shape index (κ2) is 2.91. The first-order valence-electron chi connectivity index (χ1n) is 7.26. The van der Waals surface area contributed by atoms with Gasteiger partial charge in [0.1, 0.15) is 0 Å². The largest absolute Gasteiger partial charge is 0.346 e. The molecule has 0 radical (unpaired) electrons. The average molecular weight is 236 g/mol. The Morgan fingerprint density at radius 2 is 1.82 bits per heavy atom. The summed E-state index contributed by atoms with van der Waals surface area (Å²) in [5, 5.41) is 0. The fraction of sp³-hybridized carbons (Fsp3) is 1.00. The highest BCUT2D eigenvalue weighted by Crippen LogP contribution is 2.69. The van der Waals surface area contributed by atoms with E-state index in [0.29, 0.717) is 29.0 Å². The Morgan fingerprint density at radius 3 is 2.41 bits per heavy atom. The van der Waals surface area contributed by atoms with Crippen LogP contribution in [0.25, 0.3) is 0 Å². The zero-order valence-electron chi connectivity index (χ0n) is 11.4. The molecule has 0 aromatic heterocycles. The Morgan fingerprint density at radius 1 is 1.12 bits per heavy atom. The maximum atomic E-state index is 6.33. The molecule has 4 aliphatic rings. The number of hydrogen-bond acceptors (Lipinski definition) is 2. The number of rotatable bonds is 1. The molecule has 3 aliphatic carbocycles. The van der Waals surface area contributed by atoms with E-state index in [1.54, 1.807) is 0 Å². The van der Waals surface area contributed by atoms with Crippen molar-refractivity contribution < 1.29 is 9.47 Å². The van der Waals surface area contributed by atoms with E-state index in [2.05, 4.69) is 27.7 Å². The third-order valence-corrected chi connectivity index (χ3v) is 6.79. The van der Waals surface area contributed by atoms with Crippen molar-refractivity contribution in [1.29, 1.82) is 0 Å². The van der Waals surface area contributed by atoms with Gasteiger partial charge in [-0.1, -0.05) is 27.7 Å². The molecule has 1 heterocycles. The van der Waals surface area contributed by atoms with Gasteiger partial charge in [0, 0.05) is 11.3 Å². The van der Waals surface area contributed by atoms with Crippen molar-refractivity contribution in [1.82, 2.24) is 0 Å². The summed E-state index contributed by atoms with van der Waals surface area (Å²) in [6.07, 6.45) is 4.84. The monoisotopic (exact) mass is 236 g/mol. The fourth-order valence-electron chi connectivity index (χ4n) is 4.88. The molecule has 0 spiro atoms. The predicted octanol–water partition coefficient (Wildman–Crippen LogP) is 3.21. The normalized spacial score (nSPS) is 62.8. The van der Waals surface area contributed by atoms with Gasteiger partial charge < -0.3 is 9.47 Å². The Kier molecular flexibility index (Phi) is 1.85. The molecule has 0 unspecified atom stereocenters. The molecular formula is C15H24O2. The van der Waals surface area contributed by atoms with Gasteiger partial charge in [-0.05, 0) is 36.5 Å². The van der Waals surface area contributed by atoms with Crippen molar-refractivity contribution in [3.05, 3.63) is 0 Å². The molecular weight excluding hydrogens is 212 g/mol. The summed E-state index contributed by atoms with van der Waals surface area (Å²) in [6, 6.07) is 0. The minimum absolute atomic E-state index is 0.121. The van der Waals surface area contributed by atoms with Crippen LogP contribution in [0.2, 0.25) is 0 Å². The van der Waals surface area contributed by atoms with E-state index in [9.17, 15) is 0 Å². The summed E-state index contributed by atoms with van der Waals surface area (Å²) in [5.41, 5.74) is 0.734. The minimum Gasteiger partial charge on any atom is -0.346 e. The van der Waals surface area contributed by atoms with Crippen LogP contribution < -0.4 is 0 Å². The third kappa shape index (κ3) is 1.10. The zero-order chi connectivity index (χ0) is 12.0. The summed E-state index contributed by atoms with van der Waals surface area (Å²) in [7, 11) is 0. The molecule has 7 atom stereocenters. The highest BCUT2D eigenvalue weighted by Gasteiger charge is 2.71. The molecule has 17 heavy (non-hydrogen) atoms. The van der Waals surface area contributed by atoms with E-state index in [0.717, 1.165) is 11.8 Å². The van der Waals surface area contributed by atoms with Crippen molar-refractivity contribution in [2.45, 2.75) is 65.5 Å². The lowest BCUT2D eigenvalue weighted by Gasteiger charge is -2.38. The van der Waals surface area contributed by atoms with Crippen molar-refractivity contribution in [3.63, 3.8) is 0 Å². The standard InChI is InChI=1S/C15H24O2/c1-8-7-9(8)13-16-11-10-5-6-15(4,12(11)17-13)14(10,2)3/h8-13H,5-7H2,1-4H3/t8-,9-,10-,11-,12-,13-,15+/m1/s1. The van der Waals surface area contributed by atoms with Gasteiger partial charge in [0.05, 0.1) is 12.2 Å². The van der Waals surface area contributed by atoms with Crippen LogP contribution in [0.4, 0.5) is 0 Å². The van der Waals surface area contributed by atoms with Gasteiger partial charge in [0.2, 0.25) is 0 Å². The van der Waals surface area contributed by atoms with E-state index in [-0.39, 0.29) is 6.29 Å². The second-order valence-electron chi connectivity index (χ2n) is 7.69. The van der Waals surface area contributed by atoms with Crippen LogP contribution in [0.1, 0.15) is 47.0 Å². The lowest BCUT2D eigenvalue weighted by Crippen LogP contribution is -2.38. The van der Waals surface area contributed by atoms with Gasteiger partial charge in [-0.25, -0.2) is 0 Å². The first kappa shape index (κ1) is 10.8. The molecule has 0 N–H and O–H groups in total. The quantitative estimate of drug-likeness (QED) is 0.696. The maximum absolute atomic E-state index is 6.33. The minimum atomic E-state index is 0.121. The molecule has 4 fully saturated rings. The topological polar surface area (TPSA) is 18.5 Å². The lowest BCUT2D eigenvalue weighted by atomic mass is 9.70. The van der Waals surface area contributed by atoms with Gasteiger partial charge in [-0.3, -0.25) is 0 Å². The molecule has 4 rings (SSSR count). The molecule has 3 saturated carbocycles. The highest BCUT2D eigenvalue weighted by atomic mass is 16.7. The average Bonchev–Trinajstić information content (AvgIpc) is 2.68. The van der Waals surface area contributed by atoms with Gasteiger partial charge in [-0.2, -0.15) is 0 Å². The van der Waals surface area contributed by atoms with Gasteiger partial charge >= 0.3 is 0 Å². The SMILES string of the molecule is C[C@@H]1C[C@H]1[C@@H]1O[C@@H]2[C@H]3CC[C@@](C)([C@@H]2O1)C3(C)C. The van der Waals surface area contributed by atoms with Crippen LogP contribution in [0, 0.1) is 28.6 Å². The Balaban J connectivity index is 1.62. The van der Waals surface area contributed by atoms with E-state index in [1.807, 2.05) is 0 Å². The van der Waals surface area contributed by atoms with E-state index in [1.165, 1.54) is 19.3 Å². The summed E-state index contributed by atoms with van der Waals surface area (Å²) in [5.74, 6) is 2.22. The second-order valence-corrected chi connectivity index (χ2v) is 7.69. The van der Waals surface area contributed by atoms with Crippen LogP contribution in [0.5, 0.6) is 0 Å². The van der Waals surface area contributed by atoms with Gasteiger partial charge in [0.15, 0.2) is 6.29 Å². The molecule has 2 heteroatoms. The van der Waals surface area contributed by atoms with E-state index >= 15 is 0 Å². The number of hydrogen-bond donors (Lipinski definition) is 0. The Bertz CT molecular complexity index is 364. The summed E-state index contributed by atoms with van der Waals surface area (Å²) < 4.78 is 12.6. The lowest BCUT2D eigenvalue weighted by molar-refractivity contribution is -0.125.